The summed E-state index contributed by atoms with van der Waals surface area (Å²) in [5, 5.41) is 7.49. The van der Waals surface area contributed by atoms with Gasteiger partial charge in [-0.2, -0.15) is 0 Å². The Morgan fingerprint density at radius 1 is 0.880 bits per heavy atom. The lowest BCUT2D eigenvalue weighted by Gasteiger charge is -2.11. The van der Waals surface area contributed by atoms with Gasteiger partial charge in [0.2, 0.25) is 0 Å². The molecule has 3 aromatic rings. The van der Waals surface area contributed by atoms with E-state index in [1.54, 1.807) is 42.5 Å². The van der Waals surface area contributed by atoms with Gasteiger partial charge in [0.05, 0.1) is 16.3 Å². The highest BCUT2D eigenvalue weighted by Gasteiger charge is 2.09. The maximum absolute atomic E-state index is 12.3. The number of anilines is 3. The van der Waals surface area contributed by atoms with E-state index in [1.807, 2.05) is 12.1 Å². The van der Waals surface area contributed by atoms with E-state index in [-0.39, 0.29) is 5.91 Å². The molecule has 0 saturated heterocycles. The van der Waals surface area contributed by atoms with Crippen LogP contribution in [-0.4, -0.2) is 10.9 Å². The number of hydrogen-bond donors (Lipinski definition) is 2. The fourth-order valence-corrected chi connectivity index (χ4v) is 2.50. The van der Waals surface area contributed by atoms with Gasteiger partial charge in [-0.15, -0.1) is 0 Å². The molecular weight excluding hydrogens is 381 g/mol. The topological polar surface area (TPSA) is 54.0 Å². The quantitative estimate of drug-likeness (QED) is 0.532. The fourth-order valence-electron chi connectivity index (χ4n) is 2.10. The molecule has 4 nitrogen and oxygen atoms in total. The Hall–Kier alpha value is -2.27. The van der Waals surface area contributed by atoms with Crippen LogP contribution >= 0.6 is 34.8 Å². The van der Waals surface area contributed by atoms with Crippen molar-refractivity contribution in [2.24, 2.45) is 0 Å². The van der Waals surface area contributed by atoms with Crippen LogP contribution in [0.25, 0.3) is 0 Å². The van der Waals surface area contributed by atoms with E-state index in [0.29, 0.717) is 32.1 Å². The number of rotatable bonds is 4. The van der Waals surface area contributed by atoms with Crippen LogP contribution in [0, 0.1) is 0 Å². The van der Waals surface area contributed by atoms with Gasteiger partial charge in [0, 0.05) is 22.6 Å². The lowest BCUT2D eigenvalue weighted by Crippen LogP contribution is -2.12. The molecule has 0 bridgehead atoms. The van der Waals surface area contributed by atoms with Gasteiger partial charge in [-0.1, -0.05) is 34.8 Å². The van der Waals surface area contributed by atoms with Gasteiger partial charge >= 0.3 is 0 Å². The van der Waals surface area contributed by atoms with Gasteiger partial charge in [0.1, 0.15) is 5.15 Å². The number of halogens is 3. The maximum atomic E-state index is 12.3. The largest absolute Gasteiger partial charge is 0.354 e. The standard InChI is InChI=1S/C18H12Cl3N3O/c19-12-2-4-13(5-3-12)23-16-9-14(6-7-15(16)20)24-18(25)11-1-8-17(21)22-10-11/h1-10,23H,(H,24,25). The lowest BCUT2D eigenvalue weighted by molar-refractivity contribution is 0.102. The number of amides is 1. The van der Waals surface area contributed by atoms with Crippen molar-refractivity contribution in [1.82, 2.24) is 4.98 Å². The first-order valence-electron chi connectivity index (χ1n) is 7.26. The monoisotopic (exact) mass is 391 g/mol. The van der Waals surface area contributed by atoms with Crippen LogP contribution in [0.1, 0.15) is 10.4 Å². The zero-order chi connectivity index (χ0) is 17.8. The average Bonchev–Trinajstić information content (AvgIpc) is 2.60. The molecule has 1 aromatic heterocycles. The minimum absolute atomic E-state index is 0.288. The summed E-state index contributed by atoms with van der Waals surface area (Å²) in [6.45, 7) is 0. The lowest BCUT2D eigenvalue weighted by atomic mass is 10.2. The number of carbonyl (C=O) groups is 1. The van der Waals surface area contributed by atoms with E-state index < -0.39 is 0 Å². The molecule has 1 heterocycles. The molecule has 0 atom stereocenters. The smallest absolute Gasteiger partial charge is 0.257 e. The number of hydrogen-bond acceptors (Lipinski definition) is 3. The summed E-state index contributed by atoms with van der Waals surface area (Å²) in [7, 11) is 0. The van der Waals surface area contributed by atoms with Crippen LogP contribution in [0.15, 0.2) is 60.8 Å². The number of carbonyl (C=O) groups excluding carboxylic acids is 1. The Labute approximate surface area is 159 Å². The predicted octanol–water partition coefficient (Wildman–Crippen LogP) is 6.04. The summed E-state index contributed by atoms with van der Waals surface area (Å²) in [6, 6.07) is 15.6. The zero-order valence-corrected chi connectivity index (χ0v) is 15.0. The van der Waals surface area contributed by atoms with Crippen molar-refractivity contribution in [2.75, 3.05) is 10.6 Å². The van der Waals surface area contributed by atoms with Crippen LogP contribution in [0.5, 0.6) is 0 Å². The molecule has 25 heavy (non-hydrogen) atoms. The third kappa shape index (κ3) is 4.63. The van der Waals surface area contributed by atoms with E-state index in [1.165, 1.54) is 6.20 Å². The van der Waals surface area contributed by atoms with E-state index in [9.17, 15) is 4.79 Å². The number of nitrogens with zero attached hydrogens (tertiary/aromatic N) is 1. The third-order valence-corrected chi connectivity index (χ3v) is 4.14. The number of benzene rings is 2. The summed E-state index contributed by atoms with van der Waals surface area (Å²) >= 11 is 17.8. The zero-order valence-electron chi connectivity index (χ0n) is 12.8. The fraction of sp³-hybridized carbons (Fsp3) is 0. The third-order valence-electron chi connectivity index (χ3n) is 3.34. The highest BCUT2D eigenvalue weighted by Crippen LogP contribution is 2.29. The first kappa shape index (κ1) is 17.5. The number of pyridine rings is 1. The SMILES string of the molecule is O=C(Nc1ccc(Cl)c(Nc2ccc(Cl)cc2)c1)c1ccc(Cl)nc1. The molecule has 0 aliphatic rings. The first-order valence-corrected chi connectivity index (χ1v) is 8.40. The Morgan fingerprint density at radius 3 is 2.28 bits per heavy atom. The normalized spacial score (nSPS) is 10.4. The highest BCUT2D eigenvalue weighted by molar-refractivity contribution is 6.33. The Morgan fingerprint density at radius 2 is 1.60 bits per heavy atom. The minimum Gasteiger partial charge on any atom is -0.354 e. The number of nitrogens with one attached hydrogen (secondary N) is 2. The second-order valence-electron chi connectivity index (χ2n) is 5.15. The first-order chi connectivity index (χ1) is 12.0. The molecule has 0 radical (unpaired) electrons. The molecule has 0 fully saturated rings. The van der Waals surface area contributed by atoms with E-state index in [4.69, 9.17) is 34.8 Å². The Kier molecular flexibility index (Phi) is 5.43. The second-order valence-corrected chi connectivity index (χ2v) is 6.38. The molecule has 0 aliphatic carbocycles. The van der Waals surface area contributed by atoms with Crippen LogP contribution in [-0.2, 0) is 0 Å². The van der Waals surface area contributed by atoms with Gasteiger partial charge in [0.15, 0.2) is 0 Å². The molecule has 2 N–H and O–H groups in total. The predicted molar refractivity (Wildman–Crippen MR) is 103 cm³/mol. The summed E-state index contributed by atoms with van der Waals surface area (Å²) in [5.41, 5.74) is 2.50. The second kappa shape index (κ2) is 7.74. The summed E-state index contributed by atoms with van der Waals surface area (Å²) in [4.78, 5) is 16.2. The van der Waals surface area contributed by atoms with Gasteiger partial charge in [-0.3, -0.25) is 4.79 Å². The van der Waals surface area contributed by atoms with Crippen molar-refractivity contribution in [3.63, 3.8) is 0 Å². The Bertz CT molecular complexity index is 896. The van der Waals surface area contributed by atoms with Crippen LogP contribution in [0.2, 0.25) is 15.2 Å². The molecular formula is C18H12Cl3N3O. The van der Waals surface area contributed by atoms with Crippen molar-refractivity contribution < 1.29 is 4.79 Å². The summed E-state index contributed by atoms with van der Waals surface area (Å²) in [6.07, 6.45) is 1.42. The van der Waals surface area contributed by atoms with Gasteiger partial charge in [-0.25, -0.2) is 4.98 Å². The van der Waals surface area contributed by atoms with E-state index in [2.05, 4.69) is 15.6 Å². The maximum Gasteiger partial charge on any atom is 0.257 e. The van der Waals surface area contributed by atoms with Crippen molar-refractivity contribution in [3.05, 3.63) is 81.6 Å². The molecule has 0 aliphatic heterocycles. The minimum atomic E-state index is -0.288. The molecule has 0 unspecified atom stereocenters. The molecule has 2 aromatic carbocycles. The molecule has 7 heteroatoms. The van der Waals surface area contributed by atoms with Crippen LogP contribution in [0.4, 0.5) is 17.1 Å². The van der Waals surface area contributed by atoms with Gasteiger partial charge < -0.3 is 10.6 Å². The van der Waals surface area contributed by atoms with Crippen molar-refractivity contribution in [3.8, 4) is 0 Å². The molecule has 1 amide bonds. The van der Waals surface area contributed by atoms with Crippen LogP contribution < -0.4 is 10.6 Å². The summed E-state index contributed by atoms with van der Waals surface area (Å²) < 4.78 is 0. The van der Waals surface area contributed by atoms with Crippen molar-refractivity contribution in [2.45, 2.75) is 0 Å². The van der Waals surface area contributed by atoms with E-state index in [0.717, 1.165) is 5.69 Å². The molecule has 0 saturated carbocycles. The molecule has 126 valence electrons. The van der Waals surface area contributed by atoms with Gasteiger partial charge in [-0.05, 0) is 54.6 Å². The van der Waals surface area contributed by atoms with Crippen molar-refractivity contribution >= 4 is 57.8 Å². The summed E-state index contributed by atoms with van der Waals surface area (Å²) in [5.74, 6) is -0.288. The van der Waals surface area contributed by atoms with E-state index >= 15 is 0 Å². The average molecular weight is 393 g/mol. The molecule has 3 rings (SSSR count). The Balaban J connectivity index is 1.77. The van der Waals surface area contributed by atoms with Crippen LogP contribution in [0.3, 0.4) is 0 Å². The number of aromatic nitrogens is 1. The van der Waals surface area contributed by atoms with Gasteiger partial charge in [0.25, 0.3) is 5.91 Å². The van der Waals surface area contributed by atoms with Crippen molar-refractivity contribution in [1.29, 1.82) is 0 Å². The highest BCUT2D eigenvalue weighted by atomic mass is 35.5. The molecule has 0 spiro atoms.